The van der Waals surface area contributed by atoms with Gasteiger partial charge >= 0.3 is 0 Å². The lowest BCUT2D eigenvalue weighted by molar-refractivity contribution is -2.00. The fourth-order valence-electron chi connectivity index (χ4n) is 0. The van der Waals surface area contributed by atoms with Gasteiger partial charge in [0, 0.05) is 0 Å². The van der Waals surface area contributed by atoms with Crippen LogP contribution >= 0.6 is 11.6 Å². The van der Waals surface area contributed by atoms with Gasteiger partial charge in [0.25, 0.3) is 0 Å². The molecule has 0 heterocycles. The Morgan fingerprint density at radius 3 is 1.30 bits per heavy atom. The molecule has 0 atom stereocenters. The molecule has 0 fully saturated rings. The molecule has 0 radical (unpaired) electrons. The van der Waals surface area contributed by atoms with Gasteiger partial charge in [-0.3, -0.25) is 0 Å². The summed E-state index contributed by atoms with van der Waals surface area (Å²) in [6, 6.07) is 0. The van der Waals surface area contributed by atoms with Crippen LogP contribution in [0.4, 0.5) is 0 Å². The number of alkyl halides is 1. The SMILES string of the molecule is C[S+](C)CCl.[O-][Cl+3]([O-])([O-])[O-]. The topological polar surface area (TPSA) is 92.2 Å². The monoisotopic (exact) mass is 210 g/mol. The summed E-state index contributed by atoms with van der Waals surface area (Å²) >= 11 is 5.35. The summed E-state index contributed by atoms with van der Waals surface area (Å²) in [6.45, 7) is 0. The van der Waals surface area contributed by atoms with E-state index in [2.05, 4.69) is 12.5 Å². The van der Waals surface area contributed by atoms with E-state index >= 15 is 0 Å². The predicted octanol–water partition coefficient (Wildman–Crippen LogP) is -3.70. The van der Waals surface area contributed by atoms with Crippen LogP contribution in [0.25, 0.3) is 0 Å². The highest BCUT2D eigenvalue weighted by atomic mass is 35.7. The third kappa shape index (κ3) is 69.0. The number of hydrogen-bond acceptors (Lipinski definition) is 4. The average molecular weight is 211 g/mol. The molecule has 7 heteroatoms. The van der Waals surface area contributed by atoms with Crippen LogP contribution in [-0.4, -0.2) is 17.7 Å². The van der Waals surface area contributed by atoms with E-state index in [9.17, 15) is 0 Å². The summed E-state index contributed by atoms with van der Waals surface area (Å²) < 4.78 is 34.0. The maximum Gasteiger partial charge on any atom is 0.180 e. The van der Waals surface area contributed by atoms with Crippen LogP contribution in [0, 0.1) is 10.2 Å². The minimum absolute atomic E-state index is 0.443. The van der Waals surface area contributed by atoms with Gasteiger partial charge in [-0.2, -0.15) is 0 Å². The molecule has 4 nitrogen and oxygen atoms in total. The molecule has 0 aromatic rings. The van der Waals surface area contributed by atoms with Crippen LogP contribution in [0.5, 0.6) is 0 Å². The molecule has 0 aliphatic carbocycles. The van der Waals surface area contributed by atoms with E-state index in [-0.39, 0.29) is 0 Å². The molecule has 0 rings (SSSR count). The number of hydrogen-bond donors (Lipinski definition) is 0. The first-order valence-electron chi connectivity index (χ1n) is 1.99. The van der Waals surface area contributed by atoms with E-state index in [4.69, 9.17) is 30.2 Å². The van der Waals surface area contributed by atoms with Crippen molar-refractivity contribution in [3.05, 3.63) is 0 Å². The molecule has 0 spiro atoms. The number of rotatable bonds is 1. The molecule has 0 aliphatic heterocycles. The average Bonchev–Trinajstić information content (AvgIpc) is 1.61. The lowest BCUT2D eigenvalue weighted by Crippen LogP contribution is -2.68. The van der Waals surface area contributed by atoms with Gasteiger partial charge in [-0.15, -0.1) is 10.2 Å². The Morgan fingerprint density at radius 1 is 1.20 bits per heavy atom. The summed E-state index contributed by atoms with van der Waals surface area (Å²) in [5.74, 6) is 0. The molecule has 0 aromatic heterocycles. The second-order valence-electron chi connectivity index (χ2n) is 1.47. The van der Waals surface area contributed by atoms with Crippen molar-refractivity contribution < 1.29 is 28.9 Å². The molecular weight excluding hydrogens is 203 g/mol. The van der Waals surface area contributed by atoms with E-state index in [1.165, 1.54) is 0 Å². The maximum absolute atomic E-state index is 8.49. The largest absolute Gasteiger partial charge is 0.222 e. The van der Waals surface area contributed by atoms with Crippen LogP contribution in [0.15, 0.2) is 0 Å². The van der Waals surface area contributed by atoms with Gasteiger partial charge in [-0.1, -0.05) is 11.6 Å². The molecule has 0 unspecified atom stereocenters. The van der Waals surface area contributed by atoms with Crippen LogP contribution in [-0.2, 0) is 10.9 Å². The number of halogens is 2. The molecule has 10 heavy (non-hydrogen) atoms. The highest BCUT2D eigenvalue weighted by Gasteiger charge is 1.91. The second-order valence-corrected chi connectivity index (χ2v) is 5.07. The van der Waals surface area contributed by atoms with Crippen molar-refractivity contribution in [2.75, 3.05) is 17.7 Å². The lowest BCUT2D eigenvalue weighted by Gasteiger charge is -2.17. The molecule has 0 aliphatic rings. The van der Waals surface area contributed by atoms with E-state index in [0.717, 1.165) is 5.21 Å². The third-order valence-corrected chi connectivity index (χ3v) is 1.96. The fraction of sp³-hybridized carbons (Fsp3) is 1.00. The zero-order chi connectivity index (χ0) is 8.78. The summed E-state index contributed by atoms with van der Waals surface area (Å²) in [4.78, 5) is 0. The Hall–Kier alpha value is 0.770. The minimum atomic E-state index is -4.94. The summed E-state index contributed by atoms with van der Waals surface area (Å²) in [5, 5.41) is 0.806. The van der Waals surface area contributed by atoms with Crippen LogP contribution in [0.2, 0.25) is 0 Å². The highest BCUT2D eigenvalue weighted by Crippen LogP contribution is 1.84. The van der Waals surface area contributed by atoms with Gasteiger partial charge in [0.2, 0.25) is 0 Å². The highest BCUT2D eigenvalue weighted by molar-refractivity contribution is 7.96. The quantitative estimate of drug-likeness (QED) is 0.329. The molecule has 0 N–H and O–H groups in total. The van der Waals surface area contributed by atoms with Crippen molar-refractivity contribution in [3.8, 4) is 0 Å². The predicted molar refractivity (Wildman–Crippen MR) is 29.9 cm³/mol. The molecule has 0 bridgehead atoms. The van der Waals surface area contributed by atoms with Crippen molar-refractivity contribution in [3.63, 3.8) is 0 Å². The molecule has 64 valence electrons. The maximum atomic E-state index is 8.49. The van der Waals surface area contributed by atoms with E-state index in [1.54, 1.807) is 0 Å². The van der Waals surface area contributed by atoms with Gasteiger partial charge in [0.05, 0.1) is 12.5 Å². The van der Waals surface area contributed by atoms with Crippen molar-refractivity contribution in [2.45, 2.75) is 0 Å². The van der Waals surface area contributed by atoms with Crippen molar-refractivity contribution in [2.24, 2.45) is 0 Å². The fourth-order valence-corrected chi connectivity index (χ4v) is 0. The molecule has 0 saturated carbocycles. The van der Waals surface area contributed by atoms with E-state index in [0.29, 0.717) is 10.9 Å². The Morgan fingerprint density at radius 2 is 1.30 bits per heavy atom. The van der Waals surface area contributed by atoms with Gasteiger partial charge < -0.3 is 0 Å². The summed E-state index contributed by atoms with van der Waals surface area (Å²) in [7, 11) is -4.50. The first-order valence-corrected chi connectivity index (χ1v) is 5.97. The third-order valence-electron chi connectivity index (χ3n) is 0.218. The van der Waals surface area contributed by atoms with E-state index in [1.807, 2.05) is 0 Å². The van der Waals surface area contributed by atoms with Crippen LogP contribution in [0.1, 0.15) is 0 Å². The summed E-state index contributed by atoms with van der Waals surface area (Å²) in [6.07, 6.45) is 4.24. The smallest absolute Gasteiger partial charge is 0.180 e. The van der Waals surface area contributed by atoms with Crippen molar-refractivity contribution >= 4 is 22.5 Å². The van der Waals surface area contributed by atoms with E-state index < -0.39 is 10.2 Å². The van der Waals surface area contributed by atoms with Crippen LogP contribution in [0.3, 0.4) is 0 Å². The Kier molecular flexibility index (Phi) is 8.66. The zero-order valence-electron chi connectivity index (χ0n) is 5.50. The van der Waals surface area contributed by atoms with Crippen molar-refractivity contribution in [1.82, 2.24) is 0 Å². The van der Waals surface area contributed by atoms with Gasteiger partial charge in [-0.25, -0.2) is 18.6 Å². The Labute approximate surface area is 69.5 Å². The normalized spacial score (nSPS) is 10.8. The molecule has 0 saturated heterocycles. The first kappa shape index (κ1) is 13.4. The minimum Gasteiger partial charge on any atom is -0.222 e. The van der Waals surface area contributed by atoms with Gasteiger partial charge in [0.15, 0.2) is 5.21 Å². The lowest BCUT2D eigenvalue weighted by atomic mass is 11.8. The Balaban J connectivity index is 0. The van der Waals surface area contributed by atoms with Crippen LogP contribution < -0.4 is 18.6 Å². The standard InChI is InChI=1S/C3H8ClS.ClHO4/c1-5(2)3-4;2-1(3,4)5/h3H2,1-2H3;(H,2,3,4,5)/q+1;/p-1. The second kappa shape index (κ2) is 6.48. The zero-order valence-corrected chi connectivity index (χ0v) is 7.83. The summed E-state index contributed by atoms with van der Waals surface area (Å²) in [5.41, 5.74) is 0. The van der Waals surface area contributed by atoms with Crippen molar-refractivity contribution in [1.29, 1.82) is 0 Å². The first-order chi connectivity index (χ1) is 4.27. The molecule has 0 amide bonds. The molecule has 0 aromatic carbocycles. The Bertz CT molecular complexity index is 67.4. The van der Waals surface area contributed by atoms with Gasteiger partial charge in [0.1, 0.15) is 0 Å². The van der Waals surface area contributed by atoms with Gasteiger partial charge in [-0.05, 0) is 10.9 Å². The molecular formula is C3H8Cl2O4S.